The van der Waals surface area contributed by atoms with Crippen molar-refractivity contribution in [1.82, 2.24) is 0 Å². The zero-order valence-corrected chi connectivity index (χ0v) is 13.7. The smallest absolute Gasteiger partial charge is 0.178 e. The highest BCUT2D eigenvalue weighted by Crippen LogP contribution is 2.23. The van der Waals surface area contributed by atoms with E-state index in [1.54, 1.807) is 48.5 Å². The van der Waals surface area contributed by atoms with Gasteiger partial charge in [0, 0.05) is 11.1 Å². The van der Waals surface area contributed by atoms with Crippen LogP contribution in [0.5, 0.6) is 0 Å². The highest BCUT2D eigenvalue weighted by molar-refractivity contribution is 9.12. The average Bonchev–Trinajstić information content (AvgIpc) is 2.53. The van der Waals surface area contributed by atoms with Crippen LogP contribution >= 0.6 is 31.9 Å². The molecular weight excluding hydrogens is 384 g/mol. The van der Waals surface area contributed by atoms with Crippen LogP contribution in [0.15, 0.2) is 60.7 Å². The number of carbonyl (C=O) groups excluding carboxylic acids is 2. The number of hydrogen-bond acceptors (Lipinski definition) is 2. The fraction of sp³-hybridized carbons (Fsp3) is 0.125. The molecule has 2 aromatic rings. The Kier molecular flexibility index (Phi) is 5.26. The Labute approximate surface area is 134 Å². The Bertz CT molecular complexity index is 541. The fourth-order valence-corrected chi connectivity index (χ4v) is 2.80. The van der Waals surface area contributed by atoms with Crippen LogP contribution in [0, 0.1) is 0 Å². The van der Waals surface area contributed by atoms with Gasteiger partial charge in [0.15, 0.2) is 11.6 Å². The fourth-order valence-electron chi connectivity index (χ4n) is 1.79. The molecule has 0 amide bonds. The summed E-state index contributed by atoms with van der Waals surface area (Å²) in [5, 5.41) is 0. The SMILES string of the molecule is O=C(c1ccccc1)[C@H](Br)[C@@H](Br)C(=O)c1ccccc1. The van der Waals surface area contributed by atoms with Crippen molar-refractivity contribution in [2.75, 3.05) is 0 Å². The largest absolute Gasteiger partial charge is 0.293 e. The van der Waals surface area contributed by atoms with E-state index in [9.17, 15) is 9.59 Å². The molecule has 0 aromatic heterocycles. The van der Waals surface area contributed by atoms with Crippen molar-refractivity contribution >= 4 is 43.4 Å². The molecule has 20 heavy (non-hydrogen) atoms. The lowest BCUT2D eigenvalue weighted by Crippen LogP contribution is -2.31. The molecule has 102 valence electrons. The Morgan fingerprint density at radius 1 is 0.650 bits per heavy atom. The Morgan fingerprint density at radius 3 is 1.25 bits per heavy atom. The van der Waals surface area contributed by atoms with Gasteiger partial charge < -0.3 is 0 Å². The maximum atomic E-state index is 12.3. The van der Waals surface area contributed by atoms with E-state index in [0.717, 1.165) is 0 Å². The number of hydrogen-bond donors (Lipinski definition) is 0. The van der Waals surface area contributed by atoms with Gasteiger partial charge >= 0.3 is 0 Å². The van der Waals surface area contributed by atoms with E-state index >= 15 is 0 Å². The molecule has 0 heterocycles. The summed E-state index contributed by atoms with van der Waals surface area (Å²) in [6.45, 7) is 0. The second-order valence-corrected chi connectivity index (χ2v) is 6.24. The van der Waals surface area contributed by atoms with Crippen molar-refractivity contribution in [3.63, 3.8) is 0 Å². The number of carbonyl (C=O) groups is 2. The lowest BCUT2D eigenvalue weighted by atomic mass is 10.0. The van der Waals surface area contributed by atoms with Gasteiger partial charge in [-0.1, -0.05) is 92.5 Å². The topological polar surface area (TPSA) is 34.1 Å². The summed E-state index contributed by atoms with van der Waals surface area (Å²) in [5.74, 6) is -0.228. The molecule has 2 aromatic carbocycles. The van der Waals surface area contributed by atoms with Crippen LogP contribution in [-0.2, 0) is 0 Å². The van der Waals surface area contributed by atoms with E-state index in [-0.39, 0.29) is 11.6 Å². The zero-order chi connectivity index (χ0) is 14.5. The van der Waals surface area contributed by atoms with Crippen molar-refractivity contribution in [2.24, 2.45) is 0 Å². The first-order valence-electron chi connectivity index (χ1n) is 6.08. The molecular formula is C16H12Br2O2. The molecule has 0 fully saturated rings. The maximum absolute atomic E-state index is 12.3. The summed E-state index contributed by atoms with van der Waals surface area (Å²) in [4.78, 5) is 23.4. The van der Waals surface area contributed by atoms with Crippen molar-refractivity contribution in [1.29, 1.82) is 0 Å². The monoisotopic (exact) mass is 394 g/mol. The molecule has 0 bridgehead atoms. The van der Waals surface area contributed by atoms with Gasteiger partial charge in [-0.3, -0.25) is 9.59 Å². The third-order valence-electron chi connectivity index (χ3n) is 2.87. The maximum Gasteiger partial charge on any atom is 0.178 e. The second kappa shape index (κ2) is 6.95. The summed E-state index contributed by atoms with van der Waals surface area (Å²) >= 11 is 6.65. The lowest BCUT2D eigenvalue weighted by molar-refractivity contribution is 0.0934. The molecule has 2 nitrogen and oxygen atoms in total. The van der Waals surface area contributed by atoms with E-state index in [0.29, 0.717) is 11.1 Å². The van der Waals surface area contributed by atoms with Crippen LogP contribution < -0.4 is 0 Å². The minimum atomic E-state index is -0.599. The molecule has 0 saturated heterocycles. The van der Waals surface area contributed by atoms with Crippen LogP contribution in [0.1, 0.15) is 20.7 Å². The highest BCUT2D eigenvalue weighted by atomic mass is 79.9. The van der Waals surface area contributed by atoms with Crippen LogP contribution in [0.4, 0.5) is 0 Å². The van der Waals surface area contributed by atoms with Crippen molar-refractivity contribution in [3.05, 3.63) is 71.8 Å². The van der Waals surface area contributed by atoms with Gasteiger partial charge in [0.05, 0.1) is 9.65 Å². The van der Waals surface area contributed by atoms with Gasteiger partial charge in [-0.05, 0) is 0 Å². The first-order valence-corrected chi connectivity index (χ1v) is 7.91. The molecule has 0 N–H and O–H groups in total. The van der Waals surface area contributed by atoms with Gasteiger partial charge in [0.1, 0.15) is 0 Å². The Balaban J connectivity index is 2.15. The van der Waals surface area contributed by atoms with Crippen LogP contribution in [0.2, 0.25) is 0 Å². The summed E-state index contributed by atoms with van der Waals surface area (Å²) < 4.78 is 0. The van der Waals surface area contributed by atoms with Crippen molar-refractivity contribution in [2.45, 2.75) is 9.65 Å². The third-order valence-corrected chi connectivity index (χ3v) is 5.47. The molecule has 0 saturated carbocycles. The minimum Gasteiger partial charge on any atom is -0.293 e. The number of halogens is 2. The van der Waals surface area contributed by atoms with E-state index < -0.39 is 9.65 Å². The second-order valence-electron chi connectivity index (χ2n) is 4.26. The molecule has 0 unspecified atom stereocenters. The van der Waals surface area contributed by atoms with E-state index in [1.165, 1.54) is 0 Å². The van der Waals surface area contributed by atoms with Crippen LogP contribution in [0.25, 0.3) is 0 Å². The first kappa shape index (κ1) is 15.1. The van der Waals surface area contributed by atoms with Crippen molar-refractivity contribution in [3.8, 4) is 0 Å². The predicted octanol–water partition coefficient (Wildman–Crippen LogP) is 4.28. The molecule has 4 heteroatoms. The normalized spacial score (nSPS) is 13.5. The zero-order valence-electron chi connectivity index (χ0n) is 10.5. The van der Waals surface area contributed by atoms with E-state index in [1.807, 2.05) is 12.1 Å². The number of alkyl halides is 2. The highest BCUT2D eigenvalue weighted by Gasteiger charge is 2.30. The van der Waals surface area contributed by atoms with E-state index in [2.05, 4.69) is 31.9 Å². The van der Waals surface area contributed by atoms with Gasteiger partial charge in [0.25, 0.3) is 0 Å². The van der Waals surface area contributed by atoms with E-state index in [4.69, 9.17) is 0 Å². The molecule has 0 aliphatic carbocycles. The molecule has 2 atom stereocenters. The number of benzene rings is 2. The third kappa shape index (κ3) is 3.44. The Morgan fingerprint density at radius 2 is 0.950 bits per heavy atom. The van der Waals surface area contributed by atoms with Crippen LogP contribution in [0.3, 0.4) is 0 Å². The summed E-state index contributed by atoms with van der Waals surface area (Å²) in [7, 11) is 0. The first-order chi connectivity index (χ1) is 9.61. The summed E-state index contributed by atoms with van der Waals surface area (Å²) in [6, 6.07) is 17.9. The predicted molar refractivity (Wildman–Crippen MR) is 87.0 cm³/mol. The number of Topliss-reactive ketones (excluding diaryl/α,β-unsaturated/α-hetero) is 2. The summed E-state index contributed by atoms with van der Waals surface area (Å²) in [6.07, 6.45) is 0. The molecule has 0 radical (unpaired) electrons. The quantitative estimate of drug-likeness (QED) is 0.559. The molecule has 0 aliphatic rings. The van der Waals surface area contributed by atoms with Gasteiger partial charge in [-0.2, -0.15) is 0 Å². The molecule has 2 rings (SSSR count). The number of ketones is 2. The van der Waals surface area contributed by atoms with Gasteiger partial charge in [0.2, 0.25) is 0 Å². The number of rotatable bonds is 5. The molecule has 0 aliphatic heterocycles. The standard InChI is InChI=1S/C16H12Br2O2/c17-13(15(19)11-7-3-1-4-8-11)14(18)16(20)12-9-5-2-6-10-12/h1-10,13-14H/t13-,14-/m1/s1. The van der Waals surface area contributed by atoms with Gasteiger partial charge in [-0.25, -0.2) is 0 Å². The minimum absolute atomic E-state index is 0.114. The average molecular weight is 396 g/mol. The molecule has 0 spiro atoms. The van der Waals surface area contributed by atoms with Gasteiger partial charge in [-0.15, -0.1) is 0 Å². The summed E-state index contributed by atoms with van der Waals surface area (Å²) in [5.41, 5.74) is 1.17. The van der Waals surface area contributed by atoms with Crippen molar-refractivity contribution < 1.29 is 9.59 Å². The Hall–Kier alpha value is -1.26. The lowest BCUT2D eigenvalue weighted by Gasteiger charge is -2.15. The van der Waals surface area contributed by atoms with Crippen LogP contribution in [-0.4, -0.2) is 21.2 Å².